The van der Waals surface area contributed by atoms with Gasteiger partial charge in [-0.3, -0.25) is 0 Å². The number of carboxylic acids is 1. The fourth-order valence-electron chi connectivity index (χ4n) is 2.10. The van der Waals surface area contributed by atoms with Gasteiger partial charge in [0.15, 0.2) is 0 Å². The maximum Gasteiger partial charge on any atom is 0.326 e. The third kappa shape index (κ3) is 6.42. The largest absolute Gasteiger partial charge is 0.480 e. The Labute approximate surface area is 113 Å². The van der Waals surface area contributed by atoms with Crippen molar-refractivity contribution in [1.82, 2.24) is 10.6 Å². The van der Waals surface area contributed by atoms with E-state index >= 15 is 0 Å². The highest BCUT2D eigenvalue weighted by Gasteiger charge is 2.21. The number of rotatable bonds is 7. The molecule has 1 saturated heterocycles. The van der Waals surface area contributed by atoms with E-state index < -0.39 is 18.0 Å². The quantitative estimate of drug-likeness (QED) is 0.650. The summed E-state index contributed by atoms with van der Waals surface area (Å²) in [6, 6.07) is -1.23. The molecule has 0 aromatic heterocycles. The summed E-state index contributed by atoms with van der Waals surface area (Å²) in [7, 11) is 0. The molecule has 110 valence electrons. The maximum absolute atomic E-state index is 11.6. The molecule has 2 unspecified atom stereocenters. The minimum absolute atomic E-state index is 0.219. The van der Waals surface area contributed by atoms with Crippen LogP contribution in [-0.4, -0.2) is 42.9 Å². The van der Waals surface area contributed by atoms with E-state index in [4.69, 9.17) is 9.84 Å². The van der Waals surface area contributed by atoms with Crippen LogP contribution >= 0.6 is 0 Å². The highest BCUT2D eigenvalue weighted by molar-refractivity contribution is 5.82. The van der Waals surface area contributed by atoms with Crippen molar-refractivity contribution in [3.8, 4) is 0 Å². The summed E-state index contributed by atoms with van der Waals surface area (Å²) in [5.74, 6) is -0.267. The van der Waals surface area contributed by atoms with E-state index in [-0.39, 0.29) is 5.92 Å². The molecule has 2 amide bonds. The van der Waals surface area contributed by atoms with E-state index in [1.807, 2.05) is 13.8 Å². The smallest absolute Gasteiger partial charge is 0.326 e. The highest BCUT2D eigenvalue weighted by Crippen LogP contribution is 2.15. The van der Waals surface area contributed by atoms with Gasteiger partial charge in [-0.05, 0) is 31.1 Å². The molecule has 1 aliphatic rings. The zero-order chi connectivity index (χ0) is 14.3. The molecule has 3 N–H and O–H groups in total. The molecule has 6 heteroatoms. The molecule has 0 aromatic rings. The molecule has 1 rings (SSSR count). The second-order valence-electron chi connectivity index (χ2n) is 5.44. The zero-order valence-electron chi connectivity index (χ0n) is 11.6. The molecule has 1 heterocycles. The predicted octanol–water partition coefficient (Wildman–Crippen LogP) is 1.21. The molecule has 0 aliphatic carbocycles. The molecule has 0 saturated carbocycles. The summed E-state index contributed by atoms with van der Waals surface area (Å²) in [6.45, 7) is 5.96. The first-order valence-corrected chi connectivity index (χ1v) is 6.84. The Bertz CT molecular complexity index is 301. The average molecular weight is 272 g/mol. The van der Waals surface area contributed by atoms with Crippen molar-refractivity contribution >= 4 is 12.0 Å². The van der Waals surface area contributed by atoms with Gasteiger partial charge in [-0.25, -0.2) is 9.59 Å². The minimum Gasteiger partial charge on any atom is -0.480 e. The van der Waals surface area contributed by atoms with Crippen LogP contribution in [0.2, 0.25) is 0 Å². The van der Waals surface area contributed by atoms with Gasteiger partial charge in [-0.15, -0.1) is 0 Å². The minimum atomic E-state index is -0.993. The molecular formula is C13H24N2O4. The van der Waals surface area contributed by atoms with Gasteiger partial charge in [0.05, 0.1) is 0 Å². The number of carbonyl (C=O) groups is 2. The van der Waals surface area contributed by atoms with Crippen LogP contribution in [0.25, 0.3) is 0 Å². The predicted molar refractivity (Wildman–Crippen MR) is 71.0 cm³/mol. The van der Waals surface area contributed by atoms with Crippen LogP contribution in [0, 0.1) is 11.8 Å². The first-order valence-electron chi connectivity index (χ1n) is 6.84. The highest BCUT2D eigenvalue weighted by atomic mass is 16.5. The van der Waals surface area contributed by atoms with Crippen molar-refractivity contribution in [3.63, 3.8) is 0 Å². The molecular weight excluding hydrogens is 248 g/mol. The number of amides is 2. The molecule has 19 heavy (non-hydrogen) atoms. The van der Waals surface area contributed by atoms with Gasteiger partial charge in [0.2, 0.25) is 0 Å². The first kappa shape index (κ1) is 15.8. The fourth-order valence-corrected chi connectivity index (χ4v) is 2.10. The Morgan fingerprint density at radius 3 is 2.68 bits per heavy atom. The summed E-state index contributed by atoms with van der Waals surface area (Å²) in [6.07, 6.45) is 2.34. The molecule has 0 bridgehead atoms. The molecule has 0 radical (unpaired) electrons. The van der Waals surface area contributed by atoms with Crippen LogP contribution in [0.4, 0.5) is 4.79 Å². The van der Waals surface area contributed by atoms with E-state index in [0.29, 0.717) is 18.9 Å². The van der Waals surface area contributed by atoms with E-state index in [1.54, 1.807) is 0 Å². The average Bonchev–Trinajstić information content (AvgIpc) is 2.80. The van der Waals surface area contributed by atoms with Crippen LogP contribution in [0.15, 0.2) is 0 Å². The van der Waals surface area contributed by atoms with Gasteiger partial charge in [0.25, 0.3) is 0 Å². The normalized spacial score (nSPS) is 20.3. The lowest BCUT2D eigenvalue weighted by molar-refractivity contribution is -0.139. The molecule has 2 atom stereocenters. The number of carbonyl (C=O) groups excluding carboxylic acids is 1. The van der Waals surface area contributed by atoms with Crippen molar-refractivity contribution in [2.75, 3.05) is 19.8 Å². The van der Waals surface area contributed by atoms with E-state index in [9.17, 15) is 9.59 Å². The number of nitrogens with one attached hydrogen (secondary N) is 2. The monoisotopic (exact) mass is 272 g/mol. The lowest BCUT2D eigenvalue weighted by Gasteiger charge is -2.17. The number of carboxylic acid groups (broad SMARTS) is 1. The topological polar surface area (TPSA) is 87.7 Å². The van der Waals surface area contributed by atoms with Crippen LogP contribution in [0.3, 0.4) is 0 Å². The van der Waals surface area contributed by atoms with Gasteiger partial charge in [-0.2, -0.15) is 0 Å². The number of ether oxygens (including phenoxy) is 1. The molecule has 0 aromatic carbocycles. The Hall–Kier alpha value is -1.30. The molecule has 0 spiro atoms. The molecule has 6 nitrogen and oxygen atoms in total. The molecule has 1 aliphatic heterocycles. The third-order valence-corrected chi connectivity index (χ3v) is 3.17. The van der Waals surface area contributed by atoms with Gasteiger partial charge in [-0.1, -0.05) is 13.8 Å². The Balaban J connectivity index is 2.21. The van der Waals surface area contributed by atoms with Crippen LogP contribution in [0.1, 0.15) is 33.1 Å². The summed E-state index contributed by atoms with van der Waals surface area (Å²) < 4.78 is 5.25. The van der Waals surface area contributed by atoms with Gasteiger partial charge in [0.1, 0.15) is 6.04 Å². The SMILES string of the molecule is CC(C)CC(NC(=O)NCCC1CCOC1)C(=O)O. The maximum atomic E-state index is 11.6. The fraction of sp³-hybridized carbons (Fsp3) is 0.846. The van der Waals surface area contributed by atoms with E-state index in [2.05, 4.69) is 10.6 Å². The zero-order valence-corrected chi connectivity index (χ0v) is 11.6. The Morgan fingerprint density at radius 2 is 2.16 bits per heavy atom. The van der Waals surface area contributed by atoms with Crippen molar-refractivity contribution < 1.29 is 19.4 Å². The van der Waals surface area contributed by atoms with Gasteiger partial charge >= 0.3 is 12.0 Å². The first-order chi connectivity index (χ1) is 8.99. The Morgan fingerprint density at radius 1 is 1.42 bits per heavy atom. The van der Waals surface area contributed by atoms with Crippen LogP contribution in [0.5, 0.6) is 0 Å². The standard InChI is InChI=1S/C13H24N2O4/c1-9(2)7-11(12(16)17)15-13(18)14-5-3-10-4-6-19-8-10/h9-11H,3-8H2,1-2H3,(H,16,17)(H2,14,15,18). The number of hydrogen-bond acceptors (Lipinski definition) is 3. The Kier molecular flexibility index (Phi) is 6.62. The van der Waals surface area contributed by atoms with Crippen molar-refractivity contribution in [2.24, 2.45) is 11.8 Å². The van der Waals surface area contributed by atoms with Crippen molar-refractivity contribution in [1.29, 1.82) is 0 Å². The van der Waals surface area contributed by atoms with Gasteiger partial charge < -0.3 is 20.5 Å². The van der Waals surface area contributed by atoms with Crippen molar-refractivity contribution in [2.45, 2.75) is 39.2 Å². The van der Waals surface area contributed by atoms with Gasteiger partial charge in [0, 0.05) is 19.8 Å². The lowest BCUT2D eigenvalue weighted by Crippen LogP contribution is -2.46. The third-order valence-electron chi connectivity index (χ3n) is 3.17. The number of urea groups is 1. The number of hydrogen-bond donors (Lipinski definition) is 3. The summed E-state index contributed by atoms with van der Waals surface area (Å²) in [4.78, 5) is 22.6. The summed E-state index contributed by atoms with van der Waals surface area (Å²) in [5.41, 5.74) is 0. The summed E-state index contributed by atoms with van der Waals surface area (Å²) >= 11 is 0. The second-order valence-corrected chi connectivity index (χ2v) is 5.44. The molecule has 1 fully saturated rings. The van der Waals surface area contributed by atoms with Crippen LogP contribution < -0.4 is 10.6 Å². The van der Waals surface area contributed by atoms with E-state index in [1.165, 1.54) is 0 Å². The second kappa shape index (κ2) is 7.99. The van der Waals surface area contributed by atoms with E-state index in [0.717, 1.165) is 26.1 Å². The summed E-state index contributed by atoms with van der Waals surface area (Å²) in [5, 5.41) is 14.2. The van der Waals surface area contributed by atoms with Crippen molar-refractivity contribution in [3.05, 3.63) is 0 Å². The van der Waals surface area contributed by atoms with Crippen LogP contribution in [-0.2, 0) is 9.53 Å². The number of aliphatic carboxylic acids is 1. The lowest BCUT2D eigenvalue weighted by atomic mass is 10.0.